The lowest BCUT2D eigenvalue weighted by molar-refractivity contribution is -0.385. The zero-order valence-electron chi connectivity index (χ0n) is 21.1. The molecule has 0 saturated carbocycles. The molecule has 1 aliphatic heterocycles. The fraction of sp³-hybridized carbons (Fsp3) is 0.214. The fourth-order valence-electron chi connectivity index (χ4n) is 3.81. The molecule has 0 spiro atoms. The van der Waals surface area contributed by atoms with Crippen molar-refractivity contribution < 1.29 is 28.7 Å². The molecule has 196 valence electrons. The lowest BCUT2D eigenvalue weighted by Crippen LogP contribution is -2.32. The van der Waals surface area contributed by atoms with Gasteiger partial charge in [-0.25, -0.2) is 0 Å². The van der Waals surface area contributed by atoms with Crippen molar-refractivity contribution in [2.75, 3.05) is 20.3 Å². The molecule has 0 aromatic heterocycles. The second-order valence-electron chi connectivity index (χ2n) is 8.54. The van der Waals surface area contributed by atoms with Crippen LogP contribution in [0.1, 0.15) is 22.3 Å². The molecule has 0 aliphatic carbocycles. The average Bonchev–Trinajstić information content (AvgIpc) is 3.17. The zero-order valence-corrected chi connectivity index (χ0v) is 21.9. The van der Waals surface area contributed by atoms with E-state index < -0.39 is 4.92 Å². The van der Waals surface area contributed by atoms with Crippen molar-refractivity contribution >= 4 is 34.7 Å². The highest BCUT2D eigenvalue weighted by Crippen LogP contribution is 2.35. The maximum atomic E-state index is 12.9. The van der Waals surface area contributed by atoms with E-state index in [1.807, 2.05) is 32.0 Å². The summed E-state index contributed by atoms with van der Waals surface area (Å²) in [5, 5.41) is 10.9. The number of benzene rings is 3. The Morgan fingerprint density at radius 3 is 2.53 bits per heavy atom. The second-order valence-corrected chi connectivity index (χ2v) is 9.53. The molecule has 0 N–H and O–H groups in total. The molecule has 3 aromatic carbocycles. The van der Waals surface area contributed by atoms with E-state index in [2.05, 4.69) is 0 Å². The standard InChI is InChI=1S/C28H26N2O7S/c1-18-8-9-19(2)24(14-18)36-13-12-29-27(31)26(38-28(29)32)16-20-10-11-23(25(15-20)35-3)37-17-21-6-4-5-7-22(21)30(33)34/h4-11,14-16H,12-13,17H2,1-3H3/b26-16-. The van der Waals surface area contributed by atoms with E-state index in [4.69, 9.17) is 14.2 Å². The molecule has 38 heavy (non-hydrogen) atoms. The zero-order chi connectivity index (χ0) is 27.2. The topological polar surface area (TPSA) is 108 Å². The molecular weight excluding hydrogens is 508 g/mol. The van der Waals surface area contributed by atoms with Crippen molar-refractivity contribution in [3.8, 4) is 17.2 Å². The number of carbonyl (C=O) groups is 2. The number of ether oxygens (including phenoxy) is 3. The minimum absolute atomic E-state index is 0.0180. The number of nitro groups is 1. The van der Waals surface area contributed by atoms with Crippen LogP contribution in [-0.4, -0.2) is 41.2 Å². The van der Waals surface area contributed by atoms with Gasteiger partial charge in [-0.2, -0.15) is 0 Å². The number of para-hydroxylation sites is 1. The fourth-order valence-corrected chi connectivity index (χ4v) is 4.68. The molecule has 9 nitrogen and oxygen atoms in total. The van der Waals surface area contributed by atoms with Gasteiger partial charge in [-0.05, 0) is 72.6 Å². The monoisotopic (exact) mass is 534 g/mol. The lowest BCUT2D eigenvalue weighted by Gasteiger charge is -2.14. The number of aryl methyl sites for hydroxylation is 2. The predicted octanol–water partition coefficient (Wildman–Crippen LogP) is 5.91. The summed E-state index contributed by atoms with van der Waals surface area (Å²) in [4.78, 5) is 37.6. The Hall–Kier alpha value is -4.31. The first-order valence-electron chi connectivity index (χ1n) is 11.8. The van der Waals surface area contributed by atoms with Crippen molar-refractivity contribution in [1.82, 2.24) is 4.90 Å². The van der Waals surface area contributed by atoms with Crippen LogP contribution in [0.2, 0.25) is 0 Å². The molecule has 10 heteroatoms. The number of nitrogens with zero attached hydrogens (tertiary/aromatic N) is 2. The maximum absolute atomic E-state index is 12.9. The van der Waals surface area contributed by atoms with Gasteiger partial charge in [-0.15, -0.1) is 0 Å². The predicted molar refractivity (Wildman–Crippen MR) is 145 cm³/mol. The second kappa shape index (κ2) is 11.8. The van der Waals surface area contributed by atoms with Crippen LogP contribution in [-0.2, 0) is 11.4 Å². The third-order valence-electron chi connectivity index (χ3n) is 5.85. The largest absolute Gasteiger partial charge is 0.493 e. The lowest BCUT2D eigenvalue weighted by atomic mass is 10.1. The molecular formula is C28H26N2O7S. The molecule has 0 radical (unpaired) electrons. The molecule has 0 atom stereocenters. The van der Waals surface area contributed by atoms with Crippen LogP contribution >= 0.6 is 11.8 Å². The van der Waals surface area contributed by atoms with Crippen LogP contribution in [0.5, 0.6) is 17.2 Å². The number of methoxy groups -OCH3 is 1. The number of hydrogen-bond donors (Lipinski definition) is 0. The SMILES string of the molecule is COc1cc(/C=C2\SC(=O)N(CCOc3cc(C)ccc3C)C2=O)ccc1OCc1ccccc1[N+](=O)[O-]. The number of rotatable bonds is 10. The highest BCUT2D eigenvalue weighted by Gasteiger charge is 2.34. The minimum Gasteiger partial charge on any atom is -0.493 e. The van der Waals surface area contributed by atoms with Gasteiger partial charge in [0, 0.05) is 6.07 Å². The van der Waals surface area contributed by atoms with Crippen molar-refractivity contribution in [3.63, 3.8) is 0 Å². The van der Waals surface area contributed by atoms with Crippen molar-refractivity contribution in [2.45, 2.75) is 20.5 Å². The van der Waals surface area contributed by atoms with E-state index in [0.29, 0.717) is 22.6 Å². The number of amides is 2. The highest BCUT2D eigenvalue weighted by atomic mass is 32.2. The van der Waals surface area contributed by atoms with Crippen LogP contribution in [0.4, 0.5) is 10.5 Å². The summed E-state index contributed by atoms with van der Waals surface area (Å²) in [6.45, 7) is 4.21. The molecule has 2 amide bonds. The number of carbonyl (C=O) groups excluding carboxylic acids is 2. The molecule has 1 heterocycles. The van der Waals surface area contributed by atoms with Crippen molar-refractivity contribution in [1.29, 1.82) is 0 Å². The summed E-state index contributed by atoms with van der Waals surface area (Å²) in [5.41, 5.74) is 3.08. The Balaban J connectivity index is 1.42. The quantitative estimate of drug-likeness (QED) is 0.179. The van der Waals surface area contributed by atoms with Gasteiger partial charge in [0.2, 0.25) is 0 Å². The summed E-state index contributed by atoms with van der Waals surface area (Å²) >= 11 is 0.865. The maximum Gasteiger partial charge on any atom is 0.293 e. The first-order valence-corrected chi connectivity index (χ1v) is 12.6. The van der Waals surface area contributed by atoms with Gasteiger partial charge in [-0.3, -0.25) is 24.6 Å². The van der Waals surface area contributed by atoms with Gasteiger partial charge in [0.15, 0.2) is 11.5 Å². The summed E-state index contributed by atoms with van der Waals surface area (Å²) < 4.78 is 17.0. The first kappa shape index (κ1) is 26.7. The number of thioether (sulfide) groups is 1. The van der Waals surface area contributed by atoms with E-state index in [0.717, 1.165) is 28.6 Å². The van der Waals surface area contributed by atoms with Crippen LogP contribution < -0.4 is 14.2 Å². The van der Waals surface area contributed by atoms with E-state index in [1.54, 1.807) is 42.5 Å². The van der Waals surface area contributed by atoms with E-state index in [1.165, 1.54) is 18.1 Å². The van der Waals surface area contributed by atoms with Crippen molar-refractivity contribution in [3.05, 3.63) is 97.9 Å². The van der Waals surface area contributed by atoms with E-state index >= 15 is 0 Å². The summed E-state index contributed by atoms with van der Waals surface area (Å²) in [7, 11) is 1.47. The Labute approximate surface area is 224 Å². The average molecular weight is 535 g/mol. The van der Waals surface area contributed by atoms with Crippen LogP contribution in [0.3, 0.4) is 0 Å². The molecule has 1 aliphatic rings. The third kappa shape index (κ3) is 6.15. The Bertz CT molecular complexity index is 1420. The number of hydrogen-bond acceptors (Lipinski definition) is 8. The van der Waals surface area contributed by atoms with Gasteiger partial charge in [0.1, 0.15) is 19.0 Å². The molecule has 1 saturated heterocycles. The molecule has 0 unspecified atom stereocenters. The van der Waals surface area contributed by atoms with Crippen LogP contribution in [0.25, 0.3) is 6.08 Å². The van der Waals surface area contributed by atoms with Crippen LogP contribution in [0, 0.1) is 24.0 Å². The van der Waals surface area contributed by atoms with Crippen LogP contribution in [0.15, 0.2) is 65.6 Å². The molecule has 3 aromatic rings. The third-order valence-corrected chi connectivity index (χ3v) is 6.75. The summed E-state index contributed by atoms with van der Waals surface area (Å²) in [6.07, 6.45) is 1.62. The van der Waals surface area contributed by atoms with Gasteiger partial charge in [-0.1, -0.05) is 30.3 Å². The molecule has 0 bridgehead atoms. The normalized spacial score (nSPS) is 14.2. The Morgan fingerprint density at radius 1 is 0.974 bits per heavy atom. The van der Waals surface area contributed by atoms with Gasteiger partial charge in [0.05, 0.1) is 29.0 Å². The Morgan fingerprint density at radius 2 is 1.76 bits per heavy atom. The van der Waals surface area contributed by atoms with E-state index in [-0.39, 0.29) is 41.5 Å². The highest BCUT2D eigenvalue weighted by molar-refractivity contribution is 8.18. The van der Waals surface area contributed by atoms with Gasteiger partial charge >= 0.3 is 0 Å². The Kier molecular flexibility index (Phi) is 8.32. The first-order chi connectivity index (χ1) is 18.3. The summed E-state index contributed by atoms with van der Waals surface area (Å²) in [5.74, 6) is 1.11. The smallest absolute Gasteiger partial charge is 0.293 e. The summed E-state index contributed by atoms with van der Waals surface area (Å²) in [6, 6.07) is 17.3. The van der Waals surface area contributed by atoms with E-state index in [9.17, 15) is 19.7 Å². The van der Waals surface area contributed by atoms with Gasteiger partial charge < -0.3 is 14.2 Å². The minimum atomic E-state index is -0.457. The number of imide groups is 1. The molecule has 4 rings (SSSR count). The van der Waals surface area contributed by atoms with Crippen molar-refractivity contribution in [2.24, 2.45) is 0 Å². The van der Waals surface area contributed by atoms with Gasteiger partial charge in [0.25, 0.3) is 16.8 Å². The number of nitro benzene ring substituents is 1. The molecule has 1 fully saturated rings.